The van der Waals surface area contributed by atoms with E-state index in [1.807, 2.05) is 30.3 Å². The Morgan fingerprint density at radius 1 is 1.30 bits per heavy atom. The number of benzene rings is 1. The van der Waals surface area contributed by atoms with Gasteiger partial charge in [0, 0.05) is 6.42 Å². The van der Waals surface area contributed by atoms with Gasteiger partial charge in [0.05, 0.1) is 0 Å². The van der Waals surface area contributed by atoms with Crippen LogP contribution in [-0.4, -0.2) is 24.6 Å². The number of carbonyl (C=O) groups is 3. The second-order valence-corrected chi connectivity index (χ2v) is 4.05. The van der Waals surface area contributed by atoms with E-state index in [2.05, 4.69) is 10.6 Å². The number of ether oxygens (including phenoxy) is 1. The maximum Gasteiger partial charge on any atom is 0.409 e. The molecule has 3 amide bonds. The normalized spacial score (nSPS) is 11.2. The van der Waals surface area contributed by atoms with E-state index in [4.69, 9.17) is 10.5 Å². The monoisotopic (exact) mass is 279 g/mol. The maximum atomic E-state index is 11.5. The average molecular weight is 279 g/mol. The van der Waals surface area contributed by atoms with Crippen LogP contribution >= 0.6 is 0 Å². The first-order chi connectivity index (χ1) is 9.61. The Labute approximate surface area is 116 Å². The smallest absolute Gasteiger partial charge is 0.409 e. The molecule has 0 spiro atoms. The summed E-state index contributed by atoms with van der Waals surface area (Å²) in [5, 5.41) is 4.80. The lowest BCUT2D eigenvalue weighted by atomic mass is 10.2. The second-order valence-electron chi connectivity index (χ2n) is 4.05. The van der Waals surface area contributed by atoms with Crippen LogP contribution in [0.5, 0.6) is 0 Å². The highest BCUT2D eigenvalue weighted by atomic mass is 16.5. The Hall–Kier alpha value is -2.57. The van der Waals surface area contributed by atoms with Gasteiger partial charge in [-0.1, -0.05) is 30.3 Å². The van der Waals surface area contributed by atoms with Crippen LogP contribution in [0.4, 0.5) is 4.79 Å². The van der Waals surface area contributed by atoms with E-state index in [-0.39, 0.29) is 19.4 Å². The van der Waals surface area contributed by atoms with E-state index in [1.54, 1.807) is 0 Å². The minimum Gasteiger partial charge on any atom is -0.445 e. The average Bonchev–Trinajstić information content (AvgIpc) is 2.44. The molecule has 1 atom stereocenters. The first kappa shape index (κ1) is 15.5. The van der Waals surface area contributed by atoms with Crippen molar-refractivity contribution in [1.82, 2.24) is 10.6 Å². The molecule has 4 N–H and O–H groups in total. The molecule has 0 bridgehead atoms. The van der Waals surface area contributed by atoms with Crippen molar-refractivity contribution in [3.63, 3.8) is 0 Å². The van der Waals surface area contributed by atoms with Crippen molar-refractivity contribution in [2.24, 2.45) is 5.73 Å². The first-order valence-corrected chi connectivity index (χ1v) is 6.07. The molecule has 0 aliphatic heterocycles. The summed E-state index contributed by atoms with van der Waals surface area (Å²) in [6.45, 7) is 0.121. The summed E-state index contributed by atoms with van der Waals surface area (Å²) in [6, 6.07) is 9.17. The fourth-order valence-electron chi connectivity index (χ4n) is 1.47. The highest BCUT2D eigenvalue weighted by Gasteiger charge is 2.13. The molecule has 0 aliphatic carbocycles. The van der Waals surface area contributed by atoms with Gasteiger partial charge in [-0.05, 0) is 12.0 Å². The van der Waals surface area contributed by atoms with E-state index in [0.717, 1.165) is 5.56 Å². The first-order valence-electron chi connectivity index (χ1n) is 6.07. The third-order valence-electron chi connectivity index (χ3n) is 2.45. The van der Waals surface area contributed by atoms with Gasteiger partial charge in [-0.25, -0.2) is 4.79 Å². The van der Waals surface area contributed by atoms with E-state index < -0.39 is 18.2 Å². The van der Waals surface area contributed by atoms with Gasteiger partial charge in [0.25, 0.3) is 0 Å². The molecule has 7 nitrogen and oxygen atoms in total. The fourth-order valence-corrected chi connectivity index (χ4v) is 1.47. The minimum absolute atomic E-state index is 0.0461. The fraction of sp³-hybridized carbons (Fsp3) is 0.308. The number of hydrogen-bond donors (Lipinski definition) is 3. The standard InChI is InChI=1S/C13H17N3O4/c14-11(18)6-7-12(15-9-17)16-13(19)20-8-10-4-2-1-3-5-10/h1-5,9,12H,6-8H2,(H2,14,18)(H,15,17)(H,16,19)/t12-/m0/s1. The number of rotatable bonds is 8. The number of carbonyl (C=O) groups excluding carboxylic acids is 3. The topological polar surface area (TPSA) is 111 Å². The number of amides is 3. The van der Waals surface area contributed by atoms with Gasteiger partial charge >= 0.3 is 6.09 Å². The summed E-state index contributed by atoms with van der Waals surface area (Å²) in [5.41, 5.74) is 5.85. The predicted molar refractivity (Wildman–Crippen MR) is 71.2 cm³/mol. The zero-order chi connectivity index (χ0) is 14.8. The molecule has 1 rings (SSSR count). The SMILES string of the molecule is NC(=O)CC[C@@H](NC=O)NC(=O)OCc1ccccc1. The van der Waals surface area contributed by atoms with Crippen molar-refractivity contribution >= 4 is 18.4 Å². The van der Waals surface area contributed by atoms with Crippen LogP contribution in [0, 0.1) is 0 Å². The molecule has 0 heterocycles. The second kappa shape index (κ2) is 8.52. The van der Waals surface area contributed by atoms with Crippen molar-refractivity contribution in [2.45, 2.75) is 25.6 Å². The van der Waals surface area contributed by atoms with E-state index in [1.165, 1.54) is 0 Å². The number of hydrogen-bond acceptors (Lipinski definition) is 4. The molecule has 7 heteroatoms. The van der Waals surface area contributed by atoms with Gasteiger partial charge in [-0.2, -0.15) is 0 Å². The lowest BCUT2D eigenvalue weighted by Gasteiger charge is -2.17. The van der Waals surface area contributed by atoms with Crippen LogP contribution in [-0.2, 0) is 20.9 Å². The van der Waals surface area contributed by atoms with Crippen molar-refractivity contribution in [2.75, 3.05) is 0 Å². The Bertz CT molecular complexity index is 450. The third kappa shape index (κ3) is 6.39. The van der Waals surface area contributed by atoms with Gasteiger partial charge in [-0.15, -0.1) is 0 Å². The quantitative estimate of drug-likeness (QED) is 0.468. The molecule has 0 fully saturated rings. The Morgan fingerprint density at radius 2 is 2.00 bits per heavy atom. The number of primary amides is 1. The summed E-state index contributed by atoms with van der Waals surface area (Å²) in [5.74, 6) is -0.512. The molecular formula is C13H17N3O4. The lowest BCUT2D eigenvalue weighted by molar-refractivity contribution is -0.118. The Balaban J connectivity index is 2.37. The molecule has 0 unspecified atom stereocenters. The highest BCUT2D eigenvalue weighted by Crippen LogP contribution is 2.01. The summed E-state index contributed by atoms with van der Waals surface area (Å²) < 4.78 is 4.99. The van der Waals surface area contributed by atoms with Gasteiger partial charge in [0.1, 0.15) is 12.8 Å². The molecule has 108 valence electrons. The van der Waals surface area contributed by atoms with Gasteiger partial charge in [0.15, 0.2) is 0 Å². The highest BCUT2D eigenvalue weighted by molar-refractivity contribution is 5.74. The summed E-state index contributed by atoms with van der Waals surface area (Å²) in [4.78, 5) is 32.6. The lowest BCUT2D eigenvalue weighted by Crippen LogP contribution is -2.45. The van der Waals surface area contributed by atoms with Crippen LogP contribution in [0.15, 0.2) is 30.3 Å². The Morgan fingerprint density at radius 3 is 2.60 bits per heavy atom. The molecule has 20 heavy (non-hydrogen) atoms. The van der Waals surface area contributed by atoms with Crippen molar-refractivity contribution in [3.8, 4) is 0 Å². The molecule has 0 aromatic heterocycles. The van der Waals surface area contributed by atoms with Crippen LogP contribution in [0.3, 0.4) is 0 Å². The molecule has 0 radical (unpaired) electrons. The van der Waals surface area contributed by atoms with Crippen LogP contribution in [0.1, 0.15) is 18.4 Å². The molecule has 0 saturated carbocycles. The predicted octanol–water partition coefficient (Wildman–Crippen LogP) is 0.250. The summed E-state index contributed by atoms with van der Waals surface area (Å²) in [7, 11) is 0. The van der Waals surface area contributed by atoms with Gasteiger partial charge < -0.3 is 21.1 Å². The zero-order valence-corrected chi connectivity index (χ0v) is 10.9. The van der Waals surface area contributed by atoms with Gasteiger partial charge in [0.2, 0.25) is 12.3 Å². The van der Waals surface area contributed by atoms with Crippen molar-refractivity contribution in [1.29, 1.82) is 0 Å². The minimum atomic E-state index is -0.691. The van der Waals surface area contributed by atoms with Crippen LogP contribution < -0.4 is 16.4 Å². The van der Waals surface area contributed by atoms with E-state index in [9.17, 15) is 14.4 Å². The molecule has 1 aromatic rings. The van der Waals surface area contributed by atoms with Gasteiger partial charge in [-0.3, -0.25) is 9.59 Å². The van der Waals surface area contributed by atoms with E-state index >= 15 is 0 Å². The third-order valence-corrected chi connectivity index (χ3v) is 2.45. The molecular weight excluding hydrogens is 262 g/mol. The van der Waals surface area contributed by atoms with Crippen molar-refractivity contribution in [3.05, 3.63) is 35.9 Å². The van der Waals surface area contributed by atoms with Crippen LogP contribution in [0.25, 0.3) is 0 Å². The Kier molecular flexibility index (Phi) is 6.60. The largest absolute Gasteiger partial charge is 0.445 e. The van der Waals surface area contributed by atoms with E-state index in [0.29, 0.717) is 6.41 Å². The van der Waals surface area contributed by atoms with Crippen LogP contribution in [0.2, 0.25) is 0 Å². The maximum absolute atomic E-state index is 11.5. The number of nitrogens with two attached hydrogens (primary N) is 1. The molecule has 0 saturated heterocycles. The van der Waals surface area contributed by atoms with Crippen molar-refractivity contribution < 1.29 is 19.1 Å². The summed E-state index contributed by atoms with van der Waals surface area (Å²) in [6.07, 6.45) is -0.691. The molecule has 1 aromatic carbocycles. The number of nitrogens with one attached hydrogen (secondary N) is 2. The number of alkyl carbamates (subject to hydrolysis) is 1. The molecule has 0 aliphatic rings. The zero-order valence-electron chi connectivity index (χ0n) is 10.9. The summed E-state index contributed by atoms with van der Waals surface area (Å²) >= 11 is 0.